The molecule has 1 aromatic rings. The van der Waals surface area contributed by atoms with Crippen LogP contribution in [0.25, 0.3) is 0 Å². The van der Waals surface area contributed by atoms with Crippen LogP contribution in [0.2, 0.25) is 0 Å². The number of carbonyl (C=O) groups excluding carboxylic acids is 1. The predicted octanol–water partition coefficient (Wildman–Crippen LogP) is 1.32. The lowest BCUT2D eigenvalue weighted by Gasteiger charge is -2.18. The van der Waals surface area contributed by atoms with Crippen LogP contribution in [0.4, 0.5) is 5.69 Å². The van der Waals surface area contributed by atoms with Crippen LogP contribution in [0.5, 0.6) is 0 Å². The van der Waals surface area contributed by atoms with Crippen LogP contribution in [0.1, 0.15) is 25.8 Å². The Morgan fingerprint density at radius 2 is 2.05 bits per heavy atom. The molecule has 1 aliphatic rings. The number of nitrogens with one attached hydrogen (secondary N) is 1. The van der Waals surface area contributed by atoms with Crippen LogP contribution < -0.4 is 10.2 Å². The van der Waals surface area contributed by atoms with Crippen molar-refractivity contribution in [1.29, 1.82) is 0 Å². The van der Waals surface area contributed by atoms with Gasteiger partial charge >= 0.3 is 0 Å². The highest BCUT2D eigenvalue weighted by Gasteiger charge is 2.32. The molecule has 0 radical (unpaired) electrons. The average Bonchev–Trinajstić information content (AvgIpc) is 2.72. The van der Waals surface area contributed by atoms with Crippen molar-refractivity contribution in [1.82, 2.24) is 5.32 Å². The number of nitrogens with zero attached hydrogens (tertiary/aromatic N) is 1. The lowest BCUT2D eigenvalue weighted by molar-refractivity contribution is -0.118. The fraction of sp³-hybridized carbons (Fsp3) is 0.533. The van der Waals surface area contributed by atoms with Gasteiger partial charge in [0.1, 0.15) is 0 Å². The molecule has 0 aliphatic carbocycles. The second-order valence-corrected chi connectivity index (χ2v) is 5.29. The molecule has 4 nitrogen and oxygen atoms in total. The highest BCUT2D eigenvalue weighted by Crippen LogP contribution is 2.22. The van der Waals surface area contributed by atoms with Gasteiger partial charge in [0.15, 0.2) is 0 Å². The van der Waals surface area contributed by atoms with Gasteiger partial charge in [-0.15, -0.1) is 0 Å². The summed E-state index contributed by atoms with van der Waals surface area (Å²) in [5, 5.41) is 12.2. The molecule has 1 aliphatic heterocycles. The number of anilines is 1. The smallest absolute Gasteiger partial charge is 0.244 e. The average molecular weight is 262 g/mol. The summed E-state index contributed by atoms with van der Waals surface area (Å²) in [5.41, 5.74) is 2.04. The highest BCUT2D eigenvalue weighted by atomic mass is 16.3. The van der Waals surface area contributed by atoms with Crippen LogP contribution in [0, 0.1) is 0 Å². The monoisotopic (exact) mass is 262 g/mol. The van der Waals surface area contributed by atoms with E-state index in [1.54, 1.807) is 0 Å². The maximum absolute atomic E-state index is 12.3. The number of hydrogen-bond donors (Lipinski definition) is 2. The fourth-order valence-electron chi connectivity index (χ4n) is 2.46. The van der Waals surface area contributed by atoms with Crippen molar-refractivity contribution in [3.63, 3.8) is 0 Å². The Morgan fingerprint density at radius 3 is 2.63 bits per heavy atom. The molecule has 0 bridgehead atoms. The van der Waals surface area contributed by atoms with Crippen molar-refractivity contribution in [3.05, 3.63) is 29.8 Å². The van der Waals surface area contributed by atoms with Crippen molar-refractivity contribution in [2.45, 2.75) is 38.8 Å². The van der Waals surface area contributed by atoms with E-state index in [2.05, 4.69) is 19.2 Å². The van der Waals surface area contributed by atoms with E-state index in [9.17, 15) is 4.79 Å². The maximum Gasteiger partial charge on any atom is 0.244 e. The van der Waals surface area contributed by atoms with Crippen molar-refractivity contribution in [2.24, 2.45) is 0 Å². The number of carbonyl (C=O) groups is 1. The highest BCUT2D eigenvalue weighted by molar-refractivity contribution is 5.99. The van der Waals surface area contributed by atoms with Crippen LogP contribution in [0.15, 0.2) is 24.3 Å². The van der Waals surface area contributed by atoms with Gasteiger partial charge in [-0.25, -0.2) is 0 Å². The Labute approximate surface area is 114 Å². The normalized spacial score (nSPS) is 19.5. The van der Waals surface area contributed by atoms with Gasteiger partial charge in [-0.1, -0.05) is 26.0 Å². The lowest BCUT2D eigenvalue weighted by Crippen LogP contribution is -2.41. The SMILES string of the molecule is CC(C)NC1CCN(c2ccc(CCO)cc2)C1=O. The molecular formula is C15H22N2O2. The van der Waals surface area contributed by atoms with Crippen molar-refractivity contribution in [2.75, 3.05) is 18.1 Å². The third kappa shape index (κ3) is 3.33. The Hall–Kier alpha value is -1.39. The Morgan fingerprint density at radius 1 is 1.37 bits per heavy atom. The molecule has 2 N–H and O–H groups in total. The number of aliphatic hydroxyl groups excluding tert-OH is 1. The second-order valence-electron chi connectivity index (χ2n) is 5.29. The minimum Gasteiger partial charge on any atom is -0.396 e. The van der Waals surface area contributed by atoms with E-state index in [0.717, 1.165) is 24.2 Å². The minimum absolute atomic E-state index is 0.0582. The number of rotatable bonds is 5. The Bertz CT molecular complexity index is 428. The molecule has 1 saturated heterocycles. The van der Waals surface area contributed by atoms with Gasteiger partial charge in [-0.05, 0) is 30.5 Å². The molecule has 1 aromatic carbocycles. The first-order valence-corrected chi connectivity index (χ1v) is 6.89. The van der Waals surface area contributed by atoms with Crippen LogP contribution >= 0.6 is 0 Å². The van der Waals surface area contributed by atoms with E-state index in [0.29, 0.717) is 12.5 Å². The summed E-state index contributed by atoms with van der Waals surface area (Å²) in [6.07, 6.45) is 1.52. The standard InChI is InChI=1S/C15H22N2O2/c1-11(2)16-14-7-9-17(15(14)19)13-5-3-12(4-6-13)8-10-18/h3-6,11,14,16,18H,7-10H2,1-2H3. The van der Waals surface area contributed by atoms with E-state index in [4.69, 9.17) is 5.11 Å². The van der Waals surface area contributed by atoms with Crippen LogP contribution in [0.3, 0.4) is 0 Å². The van der Waals surface area contributed by atoms with Gasteiger partial charge in [0.05, 0.1) is 6.04 Å². The van der Waals surface area contributed by atoms with Crippen LogP contribution in [-0.4, -0.2) is 36.2 Å². The van der Waals surface area contributed by atoms with Gasteiger partial charge in [0.2, 0.25) is 5.91 Å². The molecule has 1 unspecified atom stereocenters. The van der Waals surface area contributed by atoms with Crippen molar-refractivity contribution in [3.8, 4) is 0 Å². The summed E-state index contributed by atoms with van der Waals surface area (Å²) in [7, 11) is 0. The van der Waals surface area contributed by atoms with Gasteiger partial charge < -0.3 is 15.3 Å². The zero-order chi connectivity index (χ0) is 13.8. The summed E-state index contributed by atoms with van der Waals surface area (Å²) in [6, 6.07) is 8.13. The maximum atomic E-state index is 12.3. The molecule has 4 heteroatoms. The second kappa shape index (κ2) is 6.17. The zero-order valence-corrected chi connectivity index (χ0v) is 11.6. The molecule has 0 spiro atoms. The molecule has 1 atom stereocenters. The summed E-state index contributed by atoms with van der Waals surface area (Å²) >= 11 is 0. The van der Waals surface area contributed by atoms with E-state index < -0.39 is 0 Å². The van der Waals surface area contributed by atoms with Crippen molar-refractivity contribution >= 4 is 11.6 Å². The Kier molecular flexibility index (Phi) is 4.56. The van der Waals surface area contributed by atoms with Gasteiger partial charge in [-0.3, -0.25) is 4.79 Å². The molecule has 1 fully saturated rings. The van der Waals surface area contributed by atoms with E-state index in [1.165, 1.54) is 0 Å². The fourth-order valence-corrected chi connectivity index (χ4v) is 2.46. The molecule has 1 heterocycles. The first kappa shape index (κ1) is 14.0. The van der Waals surface area contributed by atoms with E-state index >= 15 is 0 Å². The minimum atomic E-state index is -0.0582. The van der Waals surface area contributed by atoms with E-state index in [1.807, 2.05) is 29.2 Å². The summed E-state index contributed by atoms with van der Waals surface area (Å²) < 4.78 is 0. The van der Waals surface area contributed by atoms with Gasteiger partial charge in [0.25, 0.3) is 0 Å². The third-order valence-electron chi connectivity index (χ3n) is 3.39. The third-order valence-corrected chi connectivity index (χ3v) is 3.39. The summed E-state index contributed by atoms with van der Waals surface area (Å²) in [6.45, 7) is 5.03. The van der Waals surface area contributed by atoms with Gasteiger partial charge in [-0.2, -0.15) is 0 Å². The summed E-state index contributed by atoms with van der Waals surface area (Å²) in [4.78, 5) is 14.1. The number of benzene rings is 1. The molecule has 0 aromatic heterocycles. The lowest BCUT2D eigenvalue weighted by atomic mass is 10.1. The largest absolute Gasteiger partial charge is 0.396 e. The zero-order valence-electron chi connectivity index (χ0n) is 11.6. The predicted molar refractivity (Wildman–Crippen MR) is 76.3 cm³/mol. The number of amides is 1. The molecule has 0 saturated carbocycles. The Balaban J connectivity index is 2.04. The topological polar surface area (TPSA) is 52.6 Å². The number of aliphatic hydroxyl groups is 1. The summed E-state index contributed by atoms with van der Waals surface area (Å²) in [5.74, 6) is 0.156. The van der Waals surface area contributed by atoms with E-state index in [-0.39, 0.29) is 18.6 Å². The molecular weight excluding hydrogens is 240 g/mol. The van der Waals surface area contributed by atoms with Gasteiger partial charge in [0, 0.05) is 24.9 Å². The first-order chi connectivity index (χ1) is 9.11. The number of hydrogen-bond acceptors (Lipinski definition) is 3. The first-order valence-electron chi connectivity index (χ1n) is 6.89. The molecule has 19 heavy (non-hydrogen) atoms. The quantitative estimate of drug-likeness (QED) is 0.841. The molecule has 2 rings (SSSR count). The van der Waals surface area contributed by atoms with Crippen molar-refractivity contribution < 1.29 is 9.90 Å². The van der Waals surface area contributed by atoms with Crippen LogP contribution in [-0.2, 0) is 11.2 Å². The molecule has 1 amide bonds. The molecule has 104 valence electrons.